The molecular weight excluding hydrogens is 294 g/mol. The Kier molecular flexibility index (Phi) is 4.81. The number of likely N-dealkylation sites (N-methyl/N-ethyl adjacent to an activating group) is 1. The van der Waals surface area contributed by atoms with Crippen LogP contribution in [0.2, 0.25) is 0 Å². The summed E-state index contributed by atoms with van der Waals surface area (Å²) < 4.78 is 5.30. The maximum atomic E-state index is 12.1. The molecule has 0 aromatic heterocycles. The van der Waals surface area contributed by atoms with Gasteiger partial charge in [0.05, 0.1) is 12.6 Å². The second-order valence-corrected chi connectivity index (χ2v) is 6.05. The maximum absolute atomic E-state index is 12.1. The first-order chi connectivity index (χ1) is 11.2. The molecule has 0 radical (unpaired) electrons. The number of piperazine rings is 1. The van der Waals surface area contributed by atoms with Crippen LogP contribution in [0.15, 0.2) is 30.3 Å². The molecule has 2 heterocycles. The SMILES string of the molecule is CCN1CCN(C2CN(C(=O)OCc3ccccc3)C2)C(=O)C1. The molecule has 124 valence electrons. The first-order valence-electron chi connectivity index (χ1n) is 8.15. The van der Waals surface area contributed by atoms with Gasteiger partial charge in [-0.15, -0.1) is 0 Å². The maximum Gasteiger partial charge on any atom is 0.410 e. The molecule has 0 atom stereocenters. The van der Waals surface area contributed by atoms with Crippen LogP contribution in [0.3, 0.4) is 0 Å². The molecule has 0 aliphatic carbocycles. The first kappa shape index (κ1) is 15.8. The monoisotopic (exact) mass is 317 g/mol. The number of carbonyl (C=O) groups is 2. The minimum atomic E-state index is -0.301. The van der Waals surface area contributed by atoms with Crippen molar-refractivity contribution in [3.63, 3.8) is 0 Å². The van der Waals surface area contributed by atoms with Gasteiger partial charge in [-0.1, -0.05) is 37.3 Å². The van der Waals surface area contributed by atoms with Crippen LogP contribution in [-0.4, -0.2) is 72.0 Å². The Bertz CT molecular complexity index is 557. The van der Waals surface area contributed by atoms with Crippen molar-refractivity contribution in [2.45, 2.75) is 19.6 Å². The third-order valence-electron chi connectivity index (χ3n) is 4.55. The Morgan fingerprint density at radius 3 is 2.61 bits per heavy atom. The summed E-state index contributed by atoms with van der Waals surface area (Å²) in [6.45, 7) is 6.57. The highest BCUT2D eigenvalue weighted by Gasteiger charge is 2.39. The van der Waals surface area contributed by atoms with E-state index in [4.69, 9.17) is 4.74 Å². The fourth-order valence-corrected chi connectivity index (χ4v) is 3.00. The fraction of sp³-hybridized carbons (Fsp3) is 0.529. The molecule has 6 nitrogen and oxygen atoms in total. The lowest BCUT2D eigenvalue weighted by Gasteiger charge is -2.47. The van der Waals surface area contributed by atoms with Crippen LogP contribution < -0.4 is 0 Å². The van der Waals surface area contributed by atoms with Crippen LogP contribution in [0.1, 0.15) is 12.5 Å². The van der Waals surface area contributed by atoms with E-state index in [2.05, 4.69) is 11.8 Å². The Morgan fingerprint density at radius 2 is 1.96 bits per heavy atom. The number of hydrogen-bond donors (Lipinski definition) is 0. The van der Waals surface area contributed by atoms with Crippen molar-refractivity contribution in [3.05, 3.63) is 35.9 Å². The average molecular weight is 317 g/mol. The lowest BCUT2D eigenvalue weighted by atomic mass is 10.1. The van der Waals surface area contributed by atoms with Crippen LogP contribution in [0, 0.1) is 0 Å². The summed E-state index contributed by atoms with van der Waals surface area (Å²) in [6, 6.07) is 9.77. The number of carbonyl (C=O) groups excluding carboxylic acids is 2. The average Bonchev–Trinajstić information content (AvgIpc) is 2.54. The van der Waals surface area contributed by atoms with Crippen molar-refractivity contribution >= 4 is 12.0 Å². The molecule has 23 heavy (non-hydrogen) atoms. The summed E-state index contributed by atoms with van der Waals surface area (Å²) >= 11 is 0. The molecule has 2 saturated heterocycles. The second-order valence-electron chi connectivity index (χ2n) is 6.05. The topological polar surface area (TPSA) is 53.1 Å². The highest BCUT2D eigenvalue weighted by molar-refractivity contribution is 5.80. The molecule has 0 saturated carbocycles. The van der Waals surface area contributed by atoms with Gasteiger partial charge in [-0.3, -0.25) is 9.69 Å². The zero-order chi connectivity index (χ0) is 16.2. The van der Waals surface area contributed by atoms with E-state index in [-0.39, 0.29) is 24.6 Å². The van der Waals surface area contributed by atoms with Crippen molar-refractivity contribution in [1.82, 2.24) is 14.7 Å². The smallest absolute Gasteiger partial charge is 0.410 e. The first-order valence-corrected chi connectivity index (χ1v) is 8.15. The number of hydrogen-bond acceptors (Lipinski definition) is 4. The van der Waals surface area contributed by atoms with Crippen LogP contribution in [0.25, 0.3) is 0 Å². The summed E-state index contributed by atoms with van der Waals surface area (Å²) in [6.07, 6.45) is -0.301. The Hall–Kier alpha value is -2.08. The summed E-state index contributed by atoms with van der Waals surface area (Å²) in [4.78, 5) is 29.8. The molecule has 2 aliphatic rings. The lowest BCUT2D eigenvalue weighted by molar-refractivity contribution is -0.142. The van der Waals surface area contributed by atoms with Gasteiger partial charge < -0.3 is 14.5 Å². The molecule has 1 aromatic rings. The van der Waals surface area contributed by atoms with E-state index < -0.39 is 0 Å². The van der Waals surface area contributed by atoms with E-state index in [1.54, 1.807) is 4.90 Å². The summed E-state index contributed by atoms with van der Waals surface area (Å²) in [7, 11) is 0. The molecule has 1 aromatic carbocycles. The molecule has 0 bridgehead atoms. The Morgan fingerprint density at radius 1 is 1.22 bits per heavy atom. The summed E-state index contributed by atoms with van der Waals surface area (Å²) in [5.41, 5.74) is 0.976. The van der Waals surface area contributed by atoms with Gasteiger partial charge in [0.15, 0.2) is 0 Å². The third kappa shape index (κ3) is 3.64. The number of amides is 2. The third-order valence-corrected chi connectivity index (χ3v) is 4.55. The summed E-state index contributed by atoms with van der Waals surface area (Å²) in [5, 5.41) is 0. The van der Waals surface area contributed by atoms with Crippen molar-refractivity contribution < 1.29 is 14.3 Å². The highest BCUT2D eigenvalue weighted by Crippen LogP contribution is 2.19. The summed E-state index contributed by atoms with van der Waals surface area (Å²) in [5.74, 6) is 0.167. The van der Waals surface area contributed by atoms with Crippen LogP contribution >= 0.6 is 0 Å². The van der Waals surface area contributed by atoms with Crippen molar-refractivity contribution in [2.24, 2.45) is 0 Å². The number of likely N-dealkylation sites (tertiary alicyclic amines) is 1. The van der Waals surface area contributed by atoms with Crippen molar-refractivity contribution in [2.75, 3.05) is 39.3 Å². The molecule has 3 rings (SSSR count). The van der Waals surface area contributed by atoms with Crippen LogP contribution in [0.5, 0.6) is 0 Å². The molecule has 2 fully saturated rings. The Balaban J connectivity index is 1.42. The molecule has 2 amide bonds. The van der Waals surface area contributed by atoms with Crippen LogP contribution in [-0.2, 0) is 16.1 Å². The minimum Gasteiger partial charge on any atom is -0.445 e. The van der Waals surface area contributed by atoms with Gasteiger partial charge in [0.25, 0.3) is 0 Å². The zero-order valence-corrected chi connectivity index (χ0v) is 13.5. The standard InChI is InChI=1S/C17H23N3O3/c1-2-18-8-9-20(16(21)12-18)15-10-19(11-15)17(22)23-13-14-6-4-3-5-7-14/h3-7,15H,2,8-13H2,1H3. The van der Waals surface area contributed by atoms with Gasteiger partial charge in [0.2, 0.25) is 5.91 Å². The normalized spacial score (nSPS) is 19.6. The molecule has 6 heteroatoms. The Labute approximate surface area is 136 Å². The lowest BCUT2D eigenvalue weighted by Crippen LogP contribution is -2.65. The van der Waals surface area contributed by atoms with Gasteiger partial charge in [0, 0.05) is 26.2 Å². The minimum absolute atomic E-state index is 0.144. The number of nitrogens with zero attached hydrogens (tertiary/aromatic N) is 3. The van der Waals surface area contributed by atoms with E-state index in [9.17, 15) is 9.59 Å². The quantitative estimate of drug-likeness (QED) is 0.836. The number of ether oxygens (including phenoxy) is 1. The van der Waals surface area contributed by atoms with Crippen molar-refractivity contribution in [3.8, 4) is 0 Å². The predicted octanol–water partition coefficient (Wildman–Crippen LogP) is 1.17. The highest BCUT2D eigenvalue weighted by atomic mass is 16.6. The number of benzene rings is 1. The van der Waals surface area contributed by atoms with Gasteiger partial charge >= 0.3 is 6.09 Å². The van der Waals surface area contributed by atoms with E-state index in [1.165, 1.54) is 0 Å². The molecular formula is C17H23N3O3. The molecule has 0 unspecified atom stereocenters. The van der Waals surface area contributed by atoms with E-state index in [0.717, 1.165) is 25.2 Å². The predicted molar refractivity (Wildman–Crippen MR) is 85.8 cm³/mol. The van der Waals surface area contributed by atoms with Gasteiger partial charge in [-0.05, 0) is 12.1 Å². The van der Waals surface area contributed by atoms with E-state index in [0.29, 0.717) is 19.6 Å². The van der Waals surface area contributed by atoms with Crippen molar-refractivity contribution in [1.29, 1.82) is 0 Å². The van der Waals surface area contributed by atoms with Gasteiger partial charge in [0.1, 0.15) is 6.61 Å². The van der Waals surface area contributed by atoms with E-state index in [1.807, 2.05) is 35.2 Å². The van der Waals surface area contributed by atoms with Gasteiger partial charge in [-0.2, -0.15) is 0 Å². The van der Waals surface area contributed by atoms with Crippen LogP contribution in [0.4, 0.5) is 4.79 Å². The van der Waals surface area contributed by atoms with Gasteiger partial charge in [-0.25, -0.2) is 4.79 Å². The zero-order valence-electron chi connectivity index (χ0n) is 13.5. The second kappa shape index (κ2) is 7.00. The molecule has 2 aliphatic heterocycles. The number of rotatable bonds is 4. The fourth-order valence-electron chi connectivity index (χ4n) is 3.00. The molecule has 0 N–H and O–H groups in total. The largest absolute Gasteiger partial charge is 0.445 e. The molecule has 0 spiro atoms. The van der Waals surface area contributed by atoms with E-state index >= 15 is 0 Å².